The highest BCUT2D eigenvalue weighted by atomic mass is 32.2. The lowest BCUT2D eigenvalue weighted by atomic mass is 10.1. The summed E-state index contributed by atoms with van der Waals surface area (Å²) in [5.74, 6) is 0.769. The number of anilines is 1. The summed E-state index contributed by atoms with van der Waals surface area (Å²) in [4.78, 5) is 1.31. The van der Waals surface area contributed by atoms with Gasteiger partial charge in [-0.15, -0.1) is 11.3 Å². The highest BCUT2D eigenvalue weighted by molar-refractivity contribution is 7.91. The Hall–Kier alpha value is -0.660. The van der Waals surface area contributed by atoms with E-state index in [9.17, 15) is 8.42 Å². The van der Waals surface area contributed by atoms with Crippen molar-refractivity contribution in [2.24, 2.45) is 5.92 Å². The van der Waals surface area contributed by atoms with Crippen molar-refractivity contribution >= 4 is 43.5 Å². The van der Waals surface area contributed by atoms with Crippen LogP contribution in [0.5, 0.6) is 0 Å². The highest BCUT2D eigenvalue weighted by Crippen LogP contribution is 2.22. The van der Waals surface area contributed by atoms with Gasteiger partial charge in [0.1, 0.15) is 0 Å². The molecule has 1 aliphatic rings. The topological polar surface area (TPSA) is 58.2 Å². The van der Waals surface area contributed by atoms with Crippen molar-refractivity contribution in [2.45, 2.75) is 19.8 Å². The fourth-order valence-corrected chi connectivity index (χ4v) is 5.03. The fourth-order valence-electron chi connectivity index (χ4n) is 2.06. The van der Waals surface area contributed by atoms with Crippen molar-refractivity contribution < 1.29 is 8.42 Å². The van der Waals surface area contributed by atoms with E-state index in [4.69, 9.17) is 12.2 Å². The molecular weight excluding hydrogens is 300 g/mol. The lowest BCUT2D eigenvalue weighted by Gasteiger charge is -2.12. The van der Waals surface area contributed by atoms with Crippen molar-refractivity contribution in [1.29, 1.82) is 0 Å². The predicted molar refractivity (Wildman–Crippen MR) is 84.7 cm³/mol. The van der Waals surface area contributed by atoms with Crippen LogP contribution in [0.2, 0.25) is 0 Å². The lowest BCUT2D eigenvalue weighted by Crippen LogP contribution is -2.33. The number of hydrogen-bond donors (Lipinski definition) is 2. The Morgan fingerprint density at radius 1 is 1.53 bits per heavy atom. The smallest absolute Gasteiger partial charge is 0.171 e. The number of rotatable bonds is 4. The molecule has 106 valence electrons. The molecule has 2 N–H and O–H groups in total. The minimum atomic E-state index is -2.80. The molecular formula is C12H18N2O2S3. The zero-order valence-electron chi connectivity index (χ0n) is 10.8. The summed E-state index contributed by atoms with van der Waals surface area (Å²) in [7, 11) is -2.80. The van der Waals surface area contributed by atoms with E-state index in [0.29, 0.717) is 17.4 Å². The molecule has 4 nitrogen and oxygen atoms in total. The van der Waals surface area contributed by atoms with Crippen LogP contribution in [-0.2, 0) is 16.3 Å². The van der Waals surface area contributed by atoms with Crippen molar-refractivity contribution in [3.63, 3.8) is 0 Å². The zero-order chi connectivity index (χ0) is 13.9. The van der Waals surface area contributed by atoms with E-state index in [2.05, 4.69) is 23.6 Å². The first-order valence-electron chi connectivity index (χ1n) is 6.32. The lowest BCUT2D eigenvalue weighted by molar-refractivity contribution is 0.574. The molecule has 0 spiro atoms. The van der Waals surface area contributed by atoms with Gasteiger partial charge >= 0.3 is 0 Å². The molecule has 0 aromatic carbocycles. The van der Waals surface area contributed by atoms with Gasteiger partial charge in [-0.2, -0.15) is 0 Å². The van der Waals surface area contributed by atoms with Crippen LogP contribution >= 0.6 is 23.6 Å². The second kappa shape index (κ2) is 6.19. The van der Waals surface area contributed by atoms with E-state index in [1.807, 2.05) is 6.07 Å². The molecule has 1 atom stereocenters. The molecule has 0 saturated carbocycles. The van der Waals surface area contributed by atoms with Crippen molar-refractivity contribution in [3.8, 4) is 0 Å². The normalized spacial score (nSPS) is 21.2. The molecule has 1 aliphatic heterocycles. The van der Waals surface area contributed by atoms with E-state index < -0.39 is 9.84 Å². The number of thiophene rings is 1. The first kappa shape index (κ1) is 14.7. The van der Waals surface area contributed by atoms with E-state index in [1.54, 1.807) is 11.3 Å². The summed E-state index contributed by atoms with van der Waals surface area (Å²) in [5, 5.41) is 7.82. The Morgan fingerprint density at radius 3 is 2.89 bits per heavy atom. The first-order chi connectivity index (χ1) is 8.98. The second-order valence-electron chi connectivity index (χ2n) is 4.72. The molecule has 1 aromatic heterocycles. The summed E-state index contributed by atoms with van der Waals surface area (Å²) in [6.07, 6.45) is 1.75. The third-order valence-electron chi connectivity index (χ3n) is 3.12. The Kier molecular flexibility index (Phi) is 4.81. The molecule has 7 heteroatoms. The van der Waals surface area contributed by atoms with Crippen LogP contribution in [0.25, 0.3) is 0 Å². The Bertz CT molecular complexity index is 551. The van der Waals surface area contributed by atoms with Gasteiger partial charge in [-0.05, 0) is 43.1 Å². The summed E-state index contributed by atoms with van der Waals surface area (Å²) >= 11 is 6.89. The minimum Gasteiger partial charge on any atom is -0.362 e. The van der Waals surface area contributed by atoms with E-state index >= 15 is 0 Å². The number of hydrogen-bond acceptors (Lipinski definition) is 4. The fraction of sp³-hybridized carbons (Fsp3) is 0.583. The maximum absolute atomic E-state index is 11.3. The molecule has 19 heavy (non-hydrogen) atoms. The minimum absolute atomic E-state index is 0.180. The molecule has 2 heterocycles. The van der Waals surface area contributed by atoms with Gasteiger partial charge in [0.25, 0.3) is 0 Å². The molecule has 0 unspecified atom stereocenters. The van der Waals surface area contributed by atoms with Crippen molar-refractivity contribution in [2.75, 3.05) is 23.4 Å². The molecule has 0 amide bonds. The van der Waals surface area contributed by atoms with Gasteiger partial charge in [0, 0.05) is 11.4 Å². The van der Waals surface area contributed by atoms with E-state index in [0.717, 1.165) is 17.8 Å². The van der Waals surface area contributed by atoms with Gasteiger partial charge < -0.3 is 10.6 Å². The highest BCUT2D eigenvalue weighted by Gasteiger charge is 2.27. The average Bonchev–Trinajstić information content (AvgIpc) is 2.93. The van der Waals surface area contributed by atoms with Gasteiger partial charge in [-0.1, -0.05) is 6.92 Å². The summed E-state index contributed by atoms with van der Waals surface area (Å²) in [6.45, 7) is 2.74. The van der Waals surface area contributed by atoms with Crippen LogP contribution in [-0.4, -0.2) is 31.6 Å². The molecule has 2 rings (SSSR count). The van der Waals surface area contributed by atoms with Crippen LogP contribution < -0.4 is 10.6 Å². The number of thiocarbonyl (C=S) groups is 1. The zero-order valence-corrected chi connectivity index (χ0v) is 13.3. The SMILES string of the molecule is CCc1ccc(NC(=S)NC[C@H]2CCS(=O)(=O)C2)s1. The van der Waals surface area contributed by atoms with Gasteiger partial charge in [-0.3, -0.25) is 0 Å². The largest absolute Gasteiger partial charge is 0.362 e. The van der Waals surface area contributed by atoms with E-state index in [-0.39, 0.29) is 11.7 Å². The summed E-state index contributed by atoms with van der Waals surface area (Å²) in [5.41, 5.74) is 0. The average molecular weight is 318 g/mol. The van der Waals surface area contributed by atoms with Crippen LogP contribution in [0.15, 0.2) is 12.1 Å². The number of sulfone groups is 1. The molecule has 1 aromatic rings. The Balaban J connectivity index is 1.76. The van der Waals surface area contributed by atoms with Crippen LogP contribution in [0, 0.1) is 5.92 Å². The third-order valence-corrected chi connectivity index (χ3v) is 6.35. The Morgan fingerprint density at radius 2 is 2.32 bits per heavy atom. The molecule has 1 saturated heterocycles. The standard InChI is InChI=1S/C12H18N2O2S3/c1-2-10-3-4-11(18-10)14-12(17)13-7-9-5-6-19(15,16)8-9/h3-4,9H,2,5-8H2,1H3,(H2,13,14,17)/t9-/m1/s1. The number of aryl methyl sites for hydroxylation is 1. The molecule has 0 bridgehead atoms. The van der Waals surface area contributed by atoms with Crippen molar-refractivity contribution in [3.05, 3.63) is 17.0 Å². The van der Waals surface area contributed by atoms with Crippen molar-refractivity contribution in [1.82, 2.24) is 5.32 Å². The van der Waals surface area contributed by atoms with Gasteiger partial charge in [-0.25, -0.2) is 8.42 Å². The Labute approximate surface area is 123 Å². The van der Waals surface area contributed by atoms with Crippen LogP contribution in [0.1, 0.15) is 18.2 Å². The molecule has 1 fully saturated rings. The van der Waals surface area contributed by atoms with Crippen LogP contribution in [0.4, 0.5) is 5.00 Å². The number of nitrogens with one attached hydrogen (secondary N) is 2. The first-order valence-corrected chi connectivity index (χ1v) is 9.37. The summed E-state index contributed by atoms with van der Waals surface area (Å²) in [6, 6.07) is 4.09. The molecule has 0 aliphatic carbocycles. The maximum Gasteiger partial charge on any atom is 0.171 e. The van der Waals surface area contributed by atoms with Gasteiger partial charge in [0.15, 0.2) is 14.9 Å². The monoisotopic (exact) mass is 318 g/mol. The summed E-state index contributed by atoms with van der Waals surface area (Å²) < 4.78 is 22.7. The van der Waals surface area contributed by atoms with Gasteiger partial charge in [0.2, 0.25) is 0 Å². The van der Waals surface area contributed by atoms with E-state index in [1.165, 1.54) is 4.88 Å². The second-order valence-corrected chi connectivity index (χ2v) is 8.53. The third kappa shape index (κ3) is 4.43. The maximum atomic E-state index is 11.3. The van der Waals surface area contributed by atoms with Gasteiger partial charge in [0.05, 0.1) is 16.5 Å². The predicted octanol–water partition coefficient (Wildman–Crippen LogP) is 2.03. The molecule has 0 radical (unpaired) electrons. The van der Waals surface area contributed by atoms with Crippen LogP contribution in [0.3, 0.4) is 0 Å². The quantitative estimate of drug-likeness (QED) is 0.832.